The number of pyridine rings is 1. The highest BCUT2D eigenvalue weighted by Crippen LogP contribution is 2.39. The predicted octanol–water partition coefficient (Wildman–Crippen LogP) is 9.24. The molecule has 0 bridgehead atoms. The van der Waals surface area contributed by atoms with Crippen LogP contribution in [0, 0.1) is 0 Å². The molecule has 0 aliphatic heterocycles. The van der Waals surface area contributed by atoms with Crippen molar-refractivity contribution >= 4 is 28.3 Å². The third-order valence-electron chi connectivity index (χ3n) is 7.53. The molecule has 0 amide bonds. The number of fused-ring (bicyclic) bond motifs is 5. The molecule has 7 rings (SSSR count). The van der Waals surface area contributed by atoms with Crippen LogP contribution in [0.2, 0.25) is 0 Å². The fourth-order valence-electron chi connectivity index (χ4n) is 5.72. The highest BCUT2D eigenvalue weighted by Gasteiger charge is 2.20. The van der Waals surface area contributed by atoms with Gasteiger partial charge in [-0.1, -0.05) is 84.9 Å². The fraction of sp³-hybridized carbons (Fsp3) is 0.0833. The lowest BCUT2D eigenvalue weighted by atomic mass is 9.91. The second-order valence-corrected chi connectivity index (χ2v) is 9.94. The molecule has 0 saturated heterocycles. The molecule has 0 spiro atoms. The zero-order valence-electron chi connectivity index (χ0n) is 21.7. The van der Waals surface area contributed by atoms with Gasteiger partial charge in [0.15, 0.2) is 0 Å². The van der Waals surface area contributed by atoms with Gasteiger partial charge in [0.2, 0.25) is 0 Å². The highest BCUT2D eigenvalue weighted by molar-refractivity contribution is 5.90. The summed E-state index contributed by atoms with van der Waals surface area (Å²) in [6, 6.07) is 45.1. The van der Waals surface area contributed by atoms with E-state index in [2.05, 4.69) is 149 Å². The standard InChI is InChI=1S/C36H29N3/c1-3-13-28(14-4-1)39(29-15-5-2-6-16-29)30-24-22-27(23-25-30)31-17-9-10-20-34-36(33-19-8-7-18-32(31)33)37-35-21-11-12-26-38(34)35/h1-8,11-19,21-26H,9-10,20H2/b31-17+. The molecule has 1 aliphatic carbocycles. The van der Waals surface area contributed by atoms with E-state index in [1.165, 1.54) is 28.0 Å². The summed E-state index contributed by atoms with van der Waals surface area (Å²) in [5.74, 6) is 0. The minimum atomic E-state index is 1.00. The summed E-state index contributed by atoms with van der Waals surface area (Å²) in [6.07, 6.45) is 7.66. The lowest BCUT2D eigenvalue weighted by Gasteiger charge is -2.25. The van der Waals surface area contributed by atoms with E-state index in [1.54, 1.807) is 0 Å². The van der Waals surface area contributed by atoms with Crippen LogP contribution in [-0.2, 0) is 6.42 Å². The maximum absolute atomic E-state index is 5.10. The van der Waals surface area contributed by atoms with Crippen molar-refractivity contribution < 1.29 is 0 Å². The van der Waals surface area contributed by atoms with Crippen molar-refractivity contribution in [2.75, 3.05) is 4.90 Å². The summed E-state index contributed by atoms with van der Waals surface area (Å²) in [4.78, 5) is 7.40. The van der Waals surface area contributed by atoms with Crippen molar-refractivity contribution in [3.05, 3.63) is 156 Å². The van der Waals surface area contributed by atoms with Crippen molar-refractivity contribution in [1.29, 1.82) is 0 Å². The van der Waals surface area contributed by atoms with Gasteiger partial charge in [-0.3, -0.25) is 0 Å². The number of nitrogens with zero attached hydrogens (tertiary/aromatic N) is 3. The minimum Gasteiger partial charge on any atom is -0.311 e. The Kier molecular flexibility index (Phi) is 6.03. The molecule has 4 aromatic carbocycles. The average Bonchev–Trinajstić information content (AvgIpc) is 3.40. The van der Waals surface area contributed by atoms with Gasteiger partial charge in [0, 0.05) is 28.8 Å². The van der Waals surface area contributed by atoms with Crippen molar-refractivity contribution in [2.24, 2.45) is 0 Å². The van der Waals surface area contributed by atoms with Crippen LogP contribution in [0.15, 0.2) is 140 Å². The molecule has 6 aromatic rings. The van der Waals surface area contributed by atoms with Crippen LogP contribution in [0.5, 0.6) is 0 Å². The molecule has 3 nitrogen and oxygen atoms in total. The number of aromatic nitrogens is 2. The number of hydrogen-bond donors (Lipinski definition) is 0. The molecule has 188 valence electrons. The highest BCUT2D eigenvalue weighted by atomic mass is 15.1. The molecule has 39 heavy (non-hydrogen) atoms. The van der Waals surface area contributed by atoms with Crippen molar-refractivity contribution in [3.63, 3.8) is 0 Å². The second-order valence-electron chi connectivity index (χ2n) is 9.94. The number of benzene rings is 4. The Bertz CT molecular complexity index is 1720. The number of para-hydroxylation sites is 2. The van der Waals surface area contributed by atoms with Gasteiger partial charge in [-0.25, -0.2) is 4.98 Å². The Morgan fingerprint density at radius 1 is 0.590 bits per heavy atom. The molecule has 2 aromatic heterocycles. The summed E-state index contributed by atoms with van der Waals surface area (Å²) in [6.45, 7) is 0. The smallest absolute Gasteiger partial charge is 0.137 e. The molecular formula is C36H29N3. The zero-order valence-corrected chi connectivity index (χ0v) is 21.7. The van der Waals surface area contributed by atoms with Crippen molar-refractivity contribution in [2.45, 2.75) is 19.3 Å². The van der Waals surface area contributed by atoms with Gasteiger partial charge in [0.1, 0.15) is 5.65 Å². The molecule has 1 aliphatic rings. The molecule has 0 N–H and O–H groups in total. The van der Waals surface area contributed by atoms with E-state index < -0.39 is 0 Å². The van der Waals surface area contributed by atoms with Crippen LogP contribution < -0.4 is 4.90 Å². The number of aryl methyl sites for hydroxylation is 1. The first-order valence-electron chi connectivity index (χ1n) is 13.6. The maximum Gasteiger partial charge on any atom is 0.137 e. The Hall–Kier alpha value is -4.89. The number of allylic oxidation sites excluding steroid dienone is 1. The number of rotatable bonds is 4. The topological polar surface area (TPSA) is 20.5 Å². The van der Waals surface area contributed by atoms with Gasteiger partial charge < -0.3 is 9.30 Å². The van der Waals surface area contributed by atoms with Gasteiger partial charge in [0.05, 0.1) is 11.4 Å². The Labute approximate surface area is 229 Å². The summed E-state index contributed by atoms with van der Waals surface area (Å²) < 4.78 is 2.26. The van der Waals surface area contributed by atoms with E-state index >= 15 is 0 Å². The number of hydrogen-bond acceptors (Lipinski definition) is 2. The van der Waals surface area contributed by atoms with Crippen LogP contribution in [0.1, 0.15) is 29.7 Å². The van der Waals surface area contributed by atoms with Crippen molar-refractivity contribution in [1.82, 2.24) is 9.38 Å². The summed E-state index contributed by atoms with van der Waals surface area (Å²) in [5, 5.41) is 0. The van der Waals surface area contributed by atoms with Crippen LogP contribution in [0.3, 0.4) is 0 Å². The quantitative estimate of drug-likeness (QED) is 0.239. The van der Waals surface area contributed by atoms with E-state index in [9.17, 15) is 0 Å². The molecule has 0 radical (unpaired) electrons. The molecule has 2 heterocycles. The third-order valence-corrected chi connectivity index (χ3v) is 7.53. The van der Waals surface area contributed by atoms with E-state index in [-0.39, 0.29) is 0 Å². The summed E-state index contributed by atoms with van der Waals surface area (Å²) >= 11 is 0. The van der Waals surface area contributed by atoms with Gasteiger partial charge in [-0.05, 0) is 84.5 Å². The van der Waals surface area contributed by atoms with E-state index in [0.29, 0.717) is 0 Å². The van der Waals surface area contributed by atoms with Crippen LogP contribution in [-0.4, -0.2) is 9.38 Å². The molecular weight excluding hydrogens is 474 g/mol. The first kappa shape index (κ1) is 23.2. The molecule has 0 unspecified atom stereocenters. The van der Waals surface area contributed by atoms with E-state index in [4.69, 9.17) is 4.98 Å². The molecule has 0 saturated carbocycles. The second kappa shape index (κ2) is 10.1. The lowest BCUT2D eigenvalue weighted by molar-refractivity contribution is 0.812. The van der Waals surface area contributed by atoms with Gasteiger partial charge >= 0.3 is 0 Å². The van der Waals surface area contributed by atoms with Crippen molar-refractivity contribution in [3.8, 4) is 11.3 Å². The first-order chi connectivity index (χ1) is 19.4. The van der Waals surface area contributed by atoms with E-state index in [1.807, 2.05) is 0 Å². The Balaban J connectivity index is 1.32. The minimum absolute atomic E-state index is 1.00. The molecule has 3 heteroatoms. The Morgan fingerprint density at radius 2 is 1.21 bits per heavy atom. The first-order valence-corrected chi connectivity index (χ1v) is 13.6. The lowest BCUT2D eigenvalue weighted by Crippen LogP contribution is -2.09. The normalized spacial score (nSPS) is 14.3. The average molecular weight is 504 g/mol. The number of anilines is 3. The van der Waals surface area contributed by atoms with Crippen LogP contribution >= 0.6 is 0 Å². The summed E-state index contributed by atoms with van der Waals surface area (Å²) in [5.41, 5.74) is 11.7. The molecule has 0 fully saturated rings. The largest absolute Gasteiger partial charge is 0.311 e. The Morgan fingerprint density at radius 3 is 1.92 bits per heavy atom. The van der Waals surface area contributed by atoms with Crippen LogP contribution in [0.4, 0.5) is 17.1 Å². The molecule has 0 atom stereocenters. The van der Waals surface area contributed by atoms with Gasteiger partial charge in [0.25, 0.3) is 0 Å². The zero-order chi connectivity index (χ0) is 26.0. The predicted molar refractivity (Wildman–Crippen MR) is 162 cm³/mol. The number of imidazole rings is 1. The van der Waals surface area contributed by atoms with E-state index in [0.717, 1.165) is 47.7 Å². The SMILES string of the molecule is C1=C(\c2ccc(N(c3ccccc3)c3ccccc3)cc2)c2ccccc2-c2nc3ccccn3c2CCC/1. The third kappa shape index (κ3) is 4.32. The fourth-order valence-corrected chi connectivity index (χ4v) is 5.72. The van der Waals surface area contributed by atoms with Gasteiger partial charge in [-0.2, -0.15) is 0 Å². The monoisotopic (exact) mass is 503 g/mol. The summed E-state index contributed by atoms with van der Waals surface area (Å²) in [7, 11) is 0. The maximum atomic E-state index is 5.10. The van der Waals surface area contributed by atoms with Crippen LogP contribution in [0.25, 0.3) is 22.5 Å². The van der Waals surface area contributed by atoms with Gasteiger partial charge in [-0.15, -0.1) is 0 Å².